The van der Waals surface area contributed by atoms with Gasteiger partial charge >= 0.3 is 5.97 Å². The Kier molecular flexibility index (Phi) is 4.25. The first-order valence-electron chi connectivity index (χ1n) is 7.93. The van der Waals surface area contributed by atoms with Crippen LogP contribution in [-0.2, 0) is 17.8 Å². The highest BCUT2D eigenvalue weighted by molar-refractivity contribution is 6.00. The minimum Gasteiger partial charge on any atom is -0.479 e. The molecule has 0 bridgehead atoms. The van der Waals surface area contributed by atoms with Crippen molar-refractivity contribution in [2.24, 2.45) is 0 Å². The highest BCUT2D eigenvalue weighted by Gasteiger charge is 2.32. The van der Waals surface area contributed by atoms with E-state index in [1.54, 1.807) is 36.1 Å². The fraction of sp³-hybridized carbons (Fsp3) is 0.263. The number of hydrogen-bond donors (Lipinski definition) is 1. The van der Waals surface area contributed by atoms with E-state index in [0.717, 1.165) is 12.0 Å². The average Bonchev–Trinajstić information content (AvgIpc) is 2.59. The fourth-order valence-electron chi connectivity index (χ4n) is 2.87. The molecular formula is C19H19NO4. The number of hydrogen-bond acceptors (Lipinski definition) is 3. The summed E-state index contributed by atoms with van der Waals surface area (Å²) in [6, 6.07) is 12.5. The van der Waals surface area contributed by atoms with E-state index >= 15 is 0 Å². The molecule has 3 rings (SSSR count). The first kappa shape index (κ1) is 16.1. The average molecular weight is 325 g/mol. The van der Waals surface area contributed by atoms with E-state index in [0.29, 0.717) is 17.0 Å². The van der Waals surface area contributed by atoms with Gasteiger partial charge in [0.2, 0.25) is 0 Å². The van der Waals surface area contributed by atoms with Gasteiger partial charge in [-0.25, -0.2) is 4.79 Å². The van der Waals surface area contributed by atoms with Crippen LogP contribution >= 0.6 is 0 Å². The number of carbonyl (C=O) groups is 2. The van der Waals surface area contributed by atoms with Gasteiger partial charge < -0.3 is 14.7 Å². The Balaban J connectivity index is 2.04. The first-order chi connectivity index (χ1) is 11.5. The van der Waals surface area contributed by atoms with Gasteiger partial charge in [0, 0.05) is 0 Å². The number of fused-ring (bicyclic) bond motifs is 1. The normalized spacial score (nSPS) is 16.5. The lowest BCUT2D eigenvalue weighted by Crippen LogP contribution is -2.44. The van der Waals surface area contributed by atoms with E-state index in [-0.39, 0.29) is 18.0 Å². The van der Waals surface area contributed by atoms with Crippen molar-refractivity contribution in [3.63, 3.8) is 0 Å². The van der Waals surface area contributed by atoms with Crippen LogP contribution in [0.2, 0.25) is 0 Å². The summed E-state index contributed by atoms with van der Waals surface area (Å²) in [4.78, 5) is 25.7. The van der Waals surface area contributed by atoms with Gasteiger partial charge in [0.1, 0.15) is 5.75 Å². The molecule has 0 saturated heterocycles. The number of aromatic carboxylic acids is 1. The van der Waals surface area contributed by atoms with E-state index in [1.807, 2.05) is 25.1 Å². The Morgan fingerprint density at radius 2 is 2.00 bits per heavy atom. The zero-order chi connectivity index (χ0) is 17.3. The second-order valence-electron chi connectivity index (χ2n) is 5.80. The maximum absolute atomic E-state index is 12.6. The molecule has 5 nitrogen and oxygen atoms in total. The quantitative estimate of drug-likeness (QED) is 0.937. The van der Waals surface area contributed by atoms with Gasteiger partial charge in [-0.1, -0.05) is 31.2 Å². The molecule has 0 spiro atoms. The van der Waals surface area contributed by atoms with Gasteiger partial charge in [-0.3, -0.25) is 4.79 Å². The highest BCUT2D eigenvalue weighted by atomic mass is 16.5. The van der Waals surface area contributed by atoms with Crippen molar-refractivity contribution in [1.29, 1.82) is 0 Å². The minimum absolute atomic E-state index is 0.170. The Morgan fingerprint density at radius 3 is 2.71 bits per heavy atom. The molecule has 0 fully saturated rings. The summed E-state index contributed by atoms with van der Waals surface area (Å²) in [6.45, 7) is 3.95. The maximum atomic E-state index is 12.6. The Bertz CT molecular complexity index is 800. The van der Waals surface area contributed by atoms with Crippen LogP contribution in [0.25, 0.3) is 0 Å². The summed E-state index contributed by atoms with van der Waals surface area (Å²) in [6.07, 6.45) is 0.248. The zero-order valence-corrected chi connectivity index (χ0v) is 13.7. The number of anilines is 1. The molecule has 2 aromatic carbocycles. The number of carboxylic acids is 1. The molecule has 0 saturated carbocycles. The van der Waals surface area contributed by atoms with E-state index in [9.17, 15) is 14.7 Å². The van der Waals surface area contributed by atoms with Crippen LogP contribution in [0.1, 0.15) is 35.3 Å². The van der Waals surface area contributed by atoms with Gasteiger partial charge in [0.15, 0.2) is 6.10 Å². The number of ether oxygens (including phenoxy) is 1. The third-order valence-electron chi connectivity index (χ3n) is 4.22. The molecular weight excluding hydrogens is 306 g/mol. The lowest BCUT2D eigenvalue weighted by molar-refractivity contribution is -0.125. The van der Waals surface area contributed by atoms with E-state index in [4.69, 9.17) is 4.74 Å². The van der Waals surface area contributed by atoms with Crippen LogP contribution in [-0.4, -0.2) is 23.1 Å². The van der Waals surface area contributed by atoms with E-state index in [1.165, 1.54) is 0 Å². The third kappa shape index (κ3) is 2.85. The number of carboxylic acid groups (broad SMARTS) is 1. The maximum Gasteiger partial charge on any atom is 0.336 e. The summed E-state index contributed by atoms with van der Waals surface area (Å²) in [7, 11) is 0. The van der Waals surface area contributed by atoms with Crippen LogP contribution in [0.15, 0.2) is 42.5 Å². The molecule has 124 valence electrons. The number of carbonyl (C=O) groups excluding carboxylic acids is 1. The van der Waals surface area contributed by atoms with Crippen LogP contribution < -0.4 is 9.64 Å². The molecule has 1 aliphatic rings. The van der Waals surface area contributed by atoms with Crippen LogP contribution in [0.4, 0.5) is 5.69 Å². The summed E-state index contributed by atoms with van der Waals surface area (Å²) in [5.41, 5.74) is 2.59. The van der Waals surface area contributed by atoms with Gasteiger partial charge in [0.25, 0.3) is 5.91 Å². The predicted molar refractivity (Wildman–Crippen MR) is 90.5 cm³/mol. The van der Waals surface area contributed by atoms with Crippen LogP contribution in [0.3, 0.4) is 0 Å². The van der Waals surface area contributed by atoms with E-state index < -0.39 is 12.1 Å². The number of amides is 1. The lowest BCUT2D eigenvalue weighted by Gasteiger charge is -2.33. The Morgan fingerprint density at radius 1 is 1.25 bits per heavy atom. The number of rotatable bonds is 4. The smallest absolute Gasteiger partial charge is 0.336 e. The second kappa shape index (κ2) is 6.35. The standard InChI is InChI=1S/C19H19NO4/c1-3-13-8-9-17-16(10-13)20(18(21)12(2)24-17)11-14-6-4-5-7-15(14)19(22)23/h4-10,12H,3,11H2,1-2H3,(H,22,23). The highest BCUT2D eigenvalue weighted by Crippen LogP contribution is 2.36. The second-order valence-corrected chi connectivity index (χ2v) is 5.80. The SMILES string of the molecule is CCc1ccc2c(c1)N(Cc1ccccc1C(=O)O)C(=O)C(C)O2. The molecule has 2 aromatic rings. The molecule has 1 unspecified atom stereocenters. The summed E-state index contributed by atoms with van der Waals surface area (Å²) in [5, 5.41) is 9.36. The number of benzene rings is 2. The predicted octanol–water partition coefficient (Wildman–Crippen LogP) is 3.26. The largest absolute Gasteiger partial charge is 0.479 e. The van der Waals surface area contributed by atoms with E-state index in [2.05, 4.69) is 0 Å². The molecule has 0 radical (unpaired) electrons. The molecule has 1 N–H and O–H groups in total. The molecule has 0 aliphatic carbocycles. The number of nitrogens with zero attached hydrogens (tertiary/aromatic N) is 1. The molecule has 1 heterocycles. The molecule has 1 aliphatic heterocycles. The van der Waals surface area contributed by atoms with Gasteiger partial charge in [-0.15, -0.1) is 0 Å². The molecule has 0 aromatic heterocycles. The molecule has 1 amide bonds. The van der Waals surface area contributed by atoms with Crippen molar-refractivity contribution in [3.05, 3.63) is 59.2 Å². The van der Waals surface area contributed by atoms with Gasteiger partial charge in [-0.05, 0) is 42.7 Å². The Hall–Kier alpha value is -2.82. The fourth-order valence-corrected chi connectivity index (χ4v) is 2.87. The van der Waals surface area contributed by atoms with Crippen molar-refractivity contribution >= 4 is 17.6 Å². The molecule has 5 heteroatoms. The first-order valence-corrected chi connectivity index (χ1v) is 7.93. The van der Waals surface area contributed by atoms with Crippen molar-refractivity contribution < 1.29 is 19.4 Å². The molecule has 1 atom stereocenters. The summed E-state index contributed by atoms with van der Waals surface area (Å²) < 4.78 is 5.68. The third-order valence-corrected chi connectivity index (χ3v) is 4.22. The van der Waals surface area contributed by atoms with Crippen LogP contribution in [0, 0.1) is 0 Å². The van der Waals surface area contributed by atoms with Gasteiger partial charge in [0.05, 0.1) is 17.8 Å². The topological polar surface area (TPSA) is 66.8 Å². The number of aryl methyl sites for hydroxylation is 1. The zero-order valence-electron chi connectivity index (χ0n) is 13.7. The van der Waals surface area contributed by atoms with Crippen molar-refractivity contribution in [1.82, 2.24) is 0 Å². The van der Waals surface area contributed by atoms with Gasteiger partial charge in [-0.2, -0.15) is 0 Å². The monoisotopic (exact) mass is 325 g/mol. The lowest BCUT2D eigenvalue weighted by atomic mass is 10.0. The van der Waals surface area contributed by atoms with Crippen molar-refractivity contribution in [3.8, 4) is 5.75 Å². The summed E-state index contributed by atoms with van der Waals surface area (Å²) in [5.74, 6) is -0.523. The molecule has 24 heavy (non-hydrogen) atoms. The van der Waals surface area contributed by atoms with Crippen molar-refractivity contribution in [2.75, 3.05) is 4.90 Å². The Labute approximate surface area is 140 Å². The minimum atomic E-state index is -0.998. The van der Waals surface area contributed by atoms with Crippen LogP contribution in [0.5, 0.6) is 5.75 Å². The van der Waals surface area contributed by atoms with Crippen molar-refractivity contribution in [2.45, 2.75) is 32.9 Å². The summed E-state index contributed by atoms with van der Waals surface area (Å²) >= 11 is 0.